The van der Waals surface area contributed by atoms with Gasteiger partial charge in [-0.05, 0) is 48.5 Å². The molecule has 0 atom stereocenters. The summed E-state index contributed by atoms with van der Waals surface area (Å²) in [5.74, 6) is 1.88. The van der Waals surface area contributed by atoms with Crippen LogP contribution < -0.4 is 9.47 Å². The molecule has 8 heteroatoms. The number of thioether (sulfide) groups is 1. The lowest BCUT2D eigenvalue weighted by atomic mass is 10.2. The third-order valence-electron chi connectivity index (χ3n) is 4.38. The number of carbonyl (C=O) groups excluding carboxylic acids is 1. The number of rotatable bonds is 8. The normalized spacial score (nSPS) is 15.0. The van der Waals surface area contributed by atoms with Crippen LogP contribution in [0.2, 0.25) is 5.02 Å². The number of nitrogens with zero attached hydrogens (tertiary/aromatic N) is 1. The fourth-order valence-corrected chi connectivity index (χ4v) is 4.35. The molecule has 0 saturated carbocycles. The van der Waals surface area contributed by atoms with E-state index in [1.807, 2.05) is 36.4 Å². The van der Waals surface area contributed by atoms with Gasteiger partial charge in [0.25, 0.3) is 5.91 Å². The van der Waals surface area contributed by atoms with Crippen LogP contribution in [0.4, 0.5) is 0 Å². The molecule has 1 aliphatic rings. The first-order chi connectivity index (χ1) is 15.1. The van der Waals surface area contributed by atoms with Crippen molar-refractivity contribution in [1.82, 2.24) is 4.90 Å². The van der Waals surface area contributed by atoms with Crippen LogP contribution in [0, 0.1) is 0 Å². The van der Waals surface area contributed by atoms with E-state index >= 15 is 0 Å². The van der Waals surface area contributed by atoms with Gasteiger partial charge < -0.3 is 13.9 Å². The highest BCUT2D eigenvalue weighted by Crippen LogP contribution is 2.36. The number of benzene rings is 2. The van der Waals surface area contributed by atoms with Crippen molar-refractivity contribution in [3.63, 3.8) is 0 Å². The molecule has 5 nitrogen and oxygen atoms in total. The second kappa shape index (κ2) is 10.0. The zero-order valence-electron chi connectivity index (χ0n) is 16.3. The predicted octanol–water partition coefficient (Wildman–Crippen LogP) is 5.79. The number of hydrogen-bond acceptors (Lipinski definition) is 6. The van der Waals surface area contributed by atoms with Crippen molar-refractivity contribution in [2.75, 3.05) is 13.2 Å². The van der Waals surface area contributed by atoms with Crippen molar-refractivity contribution in [3.05, 3.63) is 88.2 Å². The quantitative estimate of drug-likeness (QED) is 0.235. The molecule has 31 heavy (non-hydrogen) atoms. The second-order valence-electron chi connectivity index (χ2n) is 6.54. The van der Waals surface area contributed by atoms with E-state index in [-0.39, 0.29) is 5.91 Å². The Balaban J connectivity index is 1.45. The maximum atomic E-state index is 12.9. The van der Waals surface area contributed by atoms with Gasteiger partial charge in [-0.3, -0.25) is 9.69 Å². The summed E-state index contributed by atoms with van der Waals surface area (Å²) in [6.07, 6.45) is 3.32. The SMILES string of the molecule is O=C1C(=Cc2cc(Cl)ccc2OCCOc2ccccc2)SC(=S)N1Cc1ccco1. The van der Waals surface area contributed by atoms with E-state index in [9.17, 15) is 4.79 Å². The number of thiocarbonyl (C=S) groups is 1. The van der Waals surface area contributed by atoms with Gasteiger partial charge >= 0.3 is 0 Å². The molecular formula is C23H18ClNO4S2. The lowest BCUT2D eigenvalue weighted by Crippen LogP contribution is -2.27. The molecule has 3 aromatic rings. The Morgan fingerprint density at radius 1 is 1.06 bits per heavy atom. The Bertz CT molecular complexity index is 1100. The predicted molar refractivity (Wildman–Crippen MR) is 126 cm³/mol. The molecule has 0 spiro atoms. The highest BCUT2D eigenvalue weighted by Gasteiger charge is 2.32. The lowest BCUT2D eigenvalue weighted by Gasteiger charge is -2.12. The van der Waals surface area contributed by atoms with Crippen LogP contribution in [0.1, 0.15) is 11.3 Å². The highest BCUT2D eigenvalue weighted by molar-refractivity contribution is 8.26. The molecule has 0 bridgehead atoms. The number of furan rings is 1. The first-order valence-electron chi connectivity index (χ1n) is 9.48. The van der Waals surface area contributed by atoms with Gasteiger partial charge in [0.15, 0.2) is 0 Å². The minimum atomic E-state index is -0.176. The number of hydrogen-bond donors (Lipinski definition) is 0. The molecule has 1 saturated heterocycles. The Hall–Kier alpha value is -2.74. The number of halogens is 1. The van der Waals surface area contributed by atoms with Gasteiger partial charge in [-0.25, -0.2) is 0 Å². The molecule has 0 radical (unpaired) electrons. The molecule has 2 heterocycles. The van der Waals surface area contributed by atoms with Crippen molar-refractivity contribution >= 4 is 51.9 Å². The summed E-state index contributed by atoms with van der Waals surface area (Å²) in [4.78, 5) is 14.9. The van der Waals surface area contributed by atoms with Gasteiger partial charge in [0, 0.05) is 10.6 Å². The third kappa shape index (κ3) is 5.50. The average Bonchev–Trinajstić information content (AvgIpc) is 3.37. The monoisotopic (exact) mass is 471 g/mol. The maximum Gasteiger partial charge on any atom is 0.266 e. The molecule has 158 valence electrons. The minimum Gasteiger partial charge on any atom is -0.490 e. The van der Waals surface area contributed by atoms with E-state index in [0.29, 0.717) is 51.1 Å². The summed E-state index contributed by atoms with van der Waals surface area (Å²) in [5, 5.41) is 0.546. The summed E-state index contributed by atoms with van der Waals surface area (Å²) >= 11 is 12.8. The van der Waals surface area contributed by atoms with E-state index in [2.05, 4.69) is 0 Å². The highest BCUT2D eigenvalue weighted by atomic mass is 35.5. The molecule has 0 unspecified atom stereocenters. The van der Waals surface area contributed by atoms with Crippen molar-refractivity contribution < 1.29 is 18.7 Å². The largest absolute Gasteiger partial charge is 0.490 e. The first-order valence-corrected chi connectivity index (χ1v) is 11.1. The molecule has 2 aromatic carbocycles. The molecule has 0 N–H and O–H groups in total. The van der Waals surface area contributed by atoms with E-state index in [4.69, 9.17) is 37.7 Å². The summed E-state index contributed by atoms with van der Waals surface area (Å²) in [5.41, 5.74) is 0.700. The van der Waals surface area contributed by atoms with Crippen LogP contribution in [0.5, 0.6) is 11.5 Å². The first kappa shape index (κ1) is 21.5. The molecule has 1 amide bonds. The number of ether oxygens (including phenoxy) is 2. The summed E-state index contributed by atoms with van der Waals surface area (Å²) < 4.78 is 17.4. The zero-order chi connectivity index (χ0) is 21.6. The summed E-state index contributed by atoms with van der Waals surface area (Å²) in [7, 11) is 0. The van der Waals surface area contributed by atoms with Crippen molar-refractivity contribution in [1.29, 1.82) is 0 Å². The van der Waals surface area contributed by atoms with Crippen molar-refractivity contribution in [2.45, 2.75) is 6.54 Å². The van der Waals surface area contributed by atoms with E-state index in [1.165, 1.54) is 16.7 Å². The Kier molecular flexibility index (Phi) is 6.96. The molecule has 4 rings (SSSR count). The molecule has 0 aliphatic carbocycles. The van der Waals surface area contributed by atoms with Crippen LogP contribution in [-0.4, -0.2) is 28.3 Å². The fraction of sp³-hybridized carbons (Fsp3) is 0.130. The van der Waals surface area contributed by atoms with Gasteiger partial charge in [0.2, 0.25) is 0 Å². The van der Waals surface area contributed by atoms with Crippen molar-refractivity contribution in [3.8, 4) is 11.5 Å². The Morgan fingerprint density at radius 3 is 2.65 bits per heavy atom. The van der Waals surface area contributed by atoms with Crippen LogP contribution in [-0.2, 0) is 11.3 Å². The maximum absolute atomic E-state index is 12.9. The van der Waals surface area contributed by atoms with Gasteiger partial charge in [0.1, 0.15) is 34.8 Å². The zero-order valence-corrected chi connectivity index (χ0v) is 18.7. The topological polar surface area (TPSA) is 51.9 Å². The van der Waals surface area contributed by atoms with E-state index in [1.54, 1.807) is 36.6 Å². The van der Waals surface area contributed by atoms with E-state index < -0.39 is 0 Å². The molecule has 1 fully saturated rings. The molecular weight excluding hydrogens is 454 g/mol. The number of para-hydroxylation sites is 1. The second-order valence-corrected chi connectivity index (χ2v) is 8.65. The van der Waals surface area contributed by atoms with Crippen LogP contribution in [0.3, 0.4) is 0 Å². The third-order valence-corrected chi connectivity index (χ3v) is 5.99. The fourth-order valence-electron chi connectivity index (χ4n) is 2.93. The van der Waals surface area contributed by atoms with Crippen LogP contribution in [0.15, 0.2) is 76.2 Å². The van der Waals surface area contributed by atoms with Gasteiger partial charge in [0.05, 0.1) is 17.7 Å². The molecule has 1 aromatic heterocycles. The van der Waals surface area contributed by atoms with Gasteiger partial charge in [-0.2, -0.15) is 0 Å². The Labute approximate surface area is 194 Å². The number of carbonyl (C=O) groups is 1. The van der Waals surface area contributed by atoms with Gasteiger partial charge in [-0.15, -0.1) is 0 Å². The summed E-state index contributed by atoms with van der Waals surface area (Å²) in [6.45, 7) is 1.03. The smallest absolute Gasteiger partial charge is 0.266 e. The number of amides is 1. The van der Waals surface area contributed by atoms with Crippen LogP contribution >= 0.6 is 35.6 Å². The molecule has 1 aliphatic heterocycles. The van der Waals surface area contributed by atoms with Crippen LogP contribution in [0.25, 0.3) is 6.08 Å². The Morgan fingerprint density at radius 2 is 1.87 bits per heavy atom. The standard InChI is InChI=1S/C23H18ClNO4S2/c24-17-8-9-20(29-12-11-28-18-5-2-1-3-6-18)16(13-17)14-21-22(26)25(23(30)31-21)15-19-7-4-10-27-19/h1-10,13-14H,11-12,15H2. The van der Waals surface area contributed by atoms with E-state index in [0.717, 1.165) is 5.75 Å². The lowest BCUT2D eigenvalue weighted by molar-refractivity contribution is -0.122. The average molecular weight is 472 g/mol. The minimum absolute atomic E-state index is 0.176. The van der Waals surface area contributed by atoms with Crippen molar-refractivity contribution in [2.24, 2.45) is 0 Å². The van der Waals surface area contributed by atoms with Gasteiger partial charge in [-0.1, -0.05) is 53.8 Å². The summed E-state index contributed by atoms with van der Waals surface area (Å²) in [6, 6.07) is 18.4.